The average Bonchev–Trinajstić information content (AvgIpc) is 3.33. The van der Waals surface area contributed by atoms with E-state index < -0.39 is 46.8 Å². The Hall–Kier alpha value is -4.32. The molecule has 1 aliphatic rings. The normalized spacial score (nSPS) is 16.2. The highest BCUT2D eigenvalue weighted by Gasteiger charge is 2.41. The van der Waals surface area contributed by atoms with Crippen molar-refractivity contribution in [2.45, 2.75) is 98.3 Å². The third-order valence-corrected chi connectivity index (χ3v) is 8.87. The van der Waals surface area contributed by atoms with E-state index in [1.165, 1.54) is 12.2 Å². The van der Waals surface area contributed by atoms with Crippen LogP contribution in [0.5, 0.6) is 0 Å². The highest BCUT2D eigenvalue weighted by Crippen LogP contribution is 2.29. The van der Waals surface area contributed by atoms with Gasteiger partial charge >= 0.3 is 0 Å². The number of rotatable bonds is 16. The first-order valence-electron chi connectivity index (χ1n) is 16.8. The first-order valence-corrected chi connectivity index (χ1v) is 16.8. The van der Waals surface area contributed by atoms with Crippen LogP contribution in [0.1, 0.15) is 74.3 Å². The predicted molar refractivity (Wildman–Crippen MR) is 190 cm³/mol. The van der Waals surface area contributed by atoms with E-state index in [4.69, 9.17) is 0 Å². The lowest BCUT2D eigenvalue weighted by Crippen LogP contribution is -2.61. The second-order valence-corrected chi connectivity index (χ2v) is 14.7. The summed E-state index contributed by atoms with van der Waals surface area (Å²) in [6.45, 7) is 17.1. The molecule has 4 N–H and O–H groups in total. The van der Waals surface area contributed by atoms with Crippen LogP contribution in [-0.4, -0.2) is 96.6 Å². The number of imide groups is 1. The molecule has 1 aliphatic heterocycles. The van der Waals surface area contributed by atoms with Gasteiger partial charge in [-0.3, -0.25) is 33.7 Å². The van der Waals surface area contributed by atoms with E-state index in [1.54, 1.807) is 38.9 Å². The Morgan fingerprint density at radius 3 is 1.98 bits per heavy atom. The van der Waals surface area contributed by atoms with Gasteiger partial charge in [0, 0.05) is 55.7 Å². The summed E-state index contributed by atoms with van der Waals surface area (Å²) in [6, 6.07) is 7.30. The van der Waals surface area contributed by atoms with Crippen molar-refractivity contribution >= 4 is 35.4 Å². The predicted octanol–water partition coefficient (Wildman–Crippen LogP) is 2.45. The lowest BCUT2D eigenvalue weighted by Gasteiger charge is -2.40. The monoisotopic (exact) mass is 680 g/mol. The van der Waals surface area contributed by atoms with Crippen molar-refractivity contribution < 1.29 is 28.8 Å². The van der Waals surface area contributed by atoms with Crippen LogP contribution < -0.4 is 21.3 Å². The number of carbonyl (C=O) groups excluding carboxylic acids is 6. The maximum atomic E-state index is 14.1. The maximum absolute atomic E-state index is 14.1. The van der Waals surface area contributed by atoms with Gasteiger partial charge in [0.2, 0.25) is 23.6 Å². The Balaban J connectivity index is 2.11. The summed E-state index contributed by atoms with van der Waals surface area (Å²) >= 11 is 0. The molecule has 49 heavy (non-hydrogen) atoms. The minimum Gasteiger partial charge on any atom is -0.354 e. The molecular weight excluding hydrogens is 624 g/mol. The Labute approximate surface area is 291 Å². The SMILES string of the molecule is CN[C@H](C(=O)N[C@H](C(=O)N(C)[C@H](/C=C(\C)C(=O)N[C@H](C)CC(=O)NCCN1C(=O)C=CC1=O)C(C)C)C(C)(C)C)C(C)(C)c1ccccc1. The number of nitrogens with zero attached hydrogens (tertiary/aromatic N) is 2. The van der Waals surface area contributed by atoms with Crippen LogP contribution in [0.15, 0.2) is 54.1 Å². The quantitative estimate of drug-likeness (QED) is 0.154. The minimum atomic E-state index is -0.854. The molecule has 12 heteroatoms. The van der Waals surface area contributed by atoms with Crippen LogP contribution in [-0.2, 0) is 34.2 Å². The van der Waals surface area contributed by atoms with Gasteiger partial charge in [0.05, 0.1) is 12.1 Å². The van der Waals surface area contributed by atoms with E-state index in [2.05, 4.69) is 21.3 Å². The number of amides is 6. The van der Waals surface area contributed by atoms with Crippen LogP contribution in [0.2, 0.25) is 0 Å². The number of nitrogens with one attached hydrogen (secondary N) is 4. The lowest BCUT2D eigenvalue weighted by atomic mass is 9.76. The molecule has 0 spiro atoms. The molecule has 4 atom stereocenters. The highest BCUT2D eigenvalue weighted by atomic mass is 16.2. The summed E-state index contributed by atoms with van der Waals surface area (Å²) in [5, 5.41) is 11.7. The molecule has 0 saturated carbocycles. The molecule has 6 amide bonds. The molecule has 0 fully saturated rings. The Morgan fingerprint density at radius 2 is 1.47 bits per heavy atom. The van der Waals surface area contributed by atoms with Gasteiger partial charge in [-0.15, -0.1) is 0 Å². The lowest BCUT2D eigenvalue weighted by molar-refractivity contribution is -0.141. The smallest absolute Gasteiger partial charge is 0.253 e. The molecule has 12 nitrogen and oxygen atoms in total. The zero-order chi connectivity index (χ0) is 37.3. The molecule has 0 saturated heterocycles. The van der Waals surface area contributed by atoms with Crippen molar-refractivity contribution in [2.24, 2.45) is 11.3 Å². The third-order valence-electron chi connectivity index (χ3n) is 8.87. The molecule has 0 aliphatic carbocycles. The van der Waals surface area contributed by atoms with E-state index in [9.17, 15) is 28.8 Å². The topological polar surface area (TPSA) is 157 Å². The molecule has 1 aromatic carbocycles. The van der Waals surface area contributed by atoms with Crippen LogP contribution in [0, 0.1) is 11.3 Å². The van der Waals surface area contributed by atoms with Gasteiger partial charge in [0.15, 0.2) is 0 Å². The number of likely N-dealkylation sites (N-methyl/N-ethyl adjacent to an activating group) is 2. The molecular formula is C37H56N6O6. The van der Waals surface area contributed by atoms with Crippen LogP contribution in [0.4, 0.5) is 0 Å². The minimum absolute atomic E-state index is 0.00713. The maximum Gasteiger partial charge on any atom is 0.253 e. The summed E-state index contributed by atoms with van der Waals surface area (Å²) < 4.78 is 0. The zero-order valence-corrected chi connectivity index (χ0v) is 31.0. The van der Waals surface area contributed by atoms with Crippen molar-refractivity contribution in [3.63, 3.8) is 0 Å². The van der Waals surface area contributed by atoms with Crippen LogP contribution in [0.25, 0.3) is 0 Å². The molecule has 270 valence electrons. The van der Waals surface area contributed by atoms with E-state index in [0.29, 0.717) is 5.57 Å². The Bertz CT molecular complexity index is 1410. The molecule has 2 rings (SSSR count). The fourth-order valence-corrected chi connectivity index (χ4v) is 5.86. The third kappa shape index (κ3) is 11.1. The fraction of sp³-hybridized carbons (Fsp3) is 0.568. The van der Waals surface area contributed by atoms with Crippen molar-refractivity contribution in [2.75, 3.05) is 27.2 Å². The summed E-state index contributed by atoms with van der Waals surface area (Å²) in [5.41, 5.74) is 0.162. The van der Waals surface area contributed by atoms with Crippen molar-refractivity contribution in [1.29, 1.82) is 0 Å². The van der Waals surface area contributed by atoms with Crippen LogP contribution in [0.3, 0.4) is 0 Å². The molecule has 1 aromatic rings. The van der Waals surface area contributed by atoms with Gasteiger partial charge in [0.1, 0.15) is 6.04 Å². The Kier molecular flexibility index (Phi) is 14.5. The molecule has 0 unspecified atom stereocenters. The zero-order valence-electron chi connectivity index (χ0n) is 31.0. The van der Waals surface area contributed by atoms with E-state index >= 15 is 0 Å². The molecule has 1 heterocycles. The standard InChI is InChI=1S/C37H56N6O6/c1-23(2)27(21-24(3)33(47)40-25(4)22-28(44)39-19-20-43-29(45)17-18-30(43)46)42(11)35(49)32(36(5,6)7)41-34(48)31(38-10)37(8,9)26-15-13-12-14-16-26/h12-18,21,23,25,27,31-32,38H,19-20,22H2,1-11H3,(H,39,44)(H,40,47)(H,41,48)/b24-21+/t25-,27-,31-,32-/m1/s1. The van der Waals surface area contributed by atoms with Gasteiger partial charge in [-0.25, -0.2) is 0 Å². The van der Waals surface area contributed by atoms with Crippen molar-refractivity contribution in [1.82, 2.24) is 31.1 Å². The fourth-order valence-electron chi connectivity index (χ4n) is 5.86. The summed E-state index contributed by atoms with van der Waals surface area (Å²) in [5.74, 6) is -2.20. The number of benzene rings is 1. The summed E-state index contributed by atoms with van der Waals surface area (Å²) in [6.07, 6.45) is 4.10. The van der Waals surface area contributed by atoms with Crippen LogP contribution >= 0.6 is 0 Å². The van der Waals surface area contributed by atoms with E-state index in [0.717, 1.165) is 10.5 Å². The van der Waals surface area contributed by atoms with E-state index in [-0.39, 0.29) is 49.1 Å². The van der Waals surface area contributed by atoms with Gasteiger partial charge in [-0.2, -0.15) is 0 Å². The first kappa shape index (κ1) is 40.9. The van der Waals surface area contributed by atoms with Crippen molar-refractivity contribution in [3.05, 3.63) is 59.7 Å². The van der Waals surface area contributed by atoms with Gasteiger partial charge in [-0.05, 0) is 37.8 Å². The molecule has 0 bridgehead atoms. The van der Waals surface area contributed by atoms with E-state index in [1.807, 2.05) is 78.8 Å². The van der Waals surface area contributed by atoms with Gasteiger partial charge in [0.25, 0.3) is 11.8 Å². The van der Waals surface area contributed by atoms with Gasteiger partial charge in [-0.1, -0.05) is 84.9 Å². The number of hydrogen-bond donors (Lipinski definition) is 4. The number of carbonyl (C=O) groups is 6. The molecule has 0 aromatic heterocycles. The summed E-state index contributed by atoms with van der Waals surface area (Å²) in [4.78, 5) is 79.4. The Morgan fingerprint density at radius 1 is 0.898 bits per heavy atom. The first-order chi connectivity index (χ1) is 22.7. The number of hydrogen-bond acceptors (Lipinski definition) is 7. The van der Waals surface area contributed by atoms with Crippen molar-refractivity contribution in [3.8, 4) is 0 Å². The second-order valence-electron chi connectivity index (χ2n) is 14.7. The highest BCUT2D eigenvalue weighted by molar-refractivity contribution is 6.12. The second kappa shape index (κ2) is 17.4. The van der Waals surface area contributed by atoms with Gasteiger partial charge < -0.3 is 26.2 Å². The average molecular weight is 681 g/mol. The summed E-state index contributed by atoms with van der Waals surface area (Å²) in [7, 11) is 3.41. The molecule has 0 radical (unpaired) electrons. The largest absolute Gasteiger partial charge is 0.354 e.